The first-order valence-corrected chi connectivity index (χ1v) is 8.97. The highest BCUT2D eigenvalue weighted by Crippen LogP contribution is 2.36. The quantitative estimate of drug-likeness (QED) is 0.904. The minimum atomic E-state index is 0.0533. The van der Waals surface area contributed by atoms with Crippen LogP contribution in [0.2, 0.25) is 5.02 Å². The Balaban J connectivity index is 1.85. The van der Waals surface area contributed by atoms with E-state index in [0.717, 1.165) is 40.4 Å². The molecule has 1 aromatic heterocycles. The Morgan fingerprint density at radius 1 is 1.43 bits per heavy atom. The van der Waals surface area contributed by atoms with Crippen LogP contribution in [0.4, 0.5) is 0 Å². The van der Waals surface area contributed by atoms with Crippen LogP contribution in [0.3, 0.4) is 0 Å². The lowest BCUT2D eigenvalue weighted by atomic mass is 9.90. The van der Waals surface area contributed by atoms with Crippen LogP contribution in [0.1, 0.15) is 28.6 Å². The zero-order valence-electron chi connectivity index (χ0n) is 13.4. The number of likely N-dealkylation sites (tertiary alicyclic amines) is 1. The summed E-state index contributed by atoms with van der Waals surface area (Å²) in [6, 6.07) is 9.75. The van der Waals surface area contributed by atoms with Gasteiger partial charge in [0.2, 0.25) is 0 Å². The van der Waals surface area contributed by atoms with Crippen LogP contribution in [0, 0.1) is 12.3 Å². The second kappa shape index (κ2) is 6.27. The van der Waals surface area contributed by atoms with Crippen LogP contribution >= 0.6 is 22.9 Å². The maximum atomic E-state index is 12.8. The topological polar surface area (TPSA) is 46.3 Å². The summed E-state index contributed by atoms with van der Waals surface area (Å²) in [6.07, 6.45) is 0.973. The molecule has 0 radical (unpaired) electrons. The molecule has 23 heavy (non-hydrogen) atoms. The molecule has 2 aromatic rings. The molecule has 1 unspecified atom stereocenters. The number of carbonyl (C=O) groups is 1. The third kappa shape index (κ3) is 3.30. The van der Waals surface area contributed by atoms with Crippen molar-refractivity contribution in [3.63, 3.8) is 0 Å². The van der Waals surface area contributed by atoms with Crippen LogP contribution < -0.4 is 5.73 Å². The van der Waals surface area contributed by atoms with Gasteiger partial charge >= 0.3 is 0 Å². The summed E-state index contributed by atoms with van der Waals surface area (Å²) in [5.74, 6) is 0.114. The molecule has 5 heteroatoms. The molecule has 122 valence electrons. The fourth-order valence-corrected chi connectivity index (χ4v) is 4.35. The number of aryl methyl sites for hydroxylation is 1. The number of thiophene rings is 1. The van der Waals surface area contributed by atoms with E-state index in [-0.39, 0.29) is 11.3 Å². The van der Waals surface area contributed by atoms with E-state index < -0.39 is 0 Å². The van der Waals surface area contributed by atoms with Gasteiger partial charge in [-0.25, -0.2) is 0 Å². The number of carbonyl (C=O) groups excluding carboxylic acids is 1. The van der Waals surface area contributed by atoms with Gasteiger partial charge in [-0.15, -0.1) is 11.3 Å². The molecule has 0 bridgehead atoms. The Kier molecular flexibility index (Phi) is 4.50. The smallest absolute Gasteiger partial charge is 0.263 e. The van der Waals surface area contributed by atoms with Crippen molar-refractivity contribution < 1.29 is 4.79 Å². The molecule has 1 atom stereocenters. The van der Waals surface area contributed by atoms with E-state index in [1.165, 1.54) is 0 Å². The average Bonchev–Trinajstić information content (AvgIpc) is 3.11. The minimum absolute atomic E-state index is 0.0533. The number of hydrogen-bond donors (Lipinski definition) is 1. The average molecular weight is 349 g/mol. The lowest BCUT2D eigenvalue weighted by Gasteiger charge is -2.22. The Hall–Kier alpha value is -1.36. The maximum Gasteiger partial charge on any atom is 0.263 e. The molecule has 1 aromatic carbocycles. The van der Waals surface area contributed by atoms with Crippen LogP contribution in [0.5, 0.6) is 0 Å². The Morgan fingerprint density at radius 3 is 2.87 bits per heavy atom. The minimum Gasteiger partial charge on any atom is -0.337 e. The zero-order chi connectivity index (χ0) is 16.6. The number of amides is 1. The highest BCUT2D eigenvalue weighted by molar-refractivity contribution is 7.17. The van der Waals surface area contributed by atoms with Gasteiger partial charge in [-0.1, -0.05) is 30.7 Å². The second-order valence-electron chi connectivity index (χ2n) is 6.62. The van der Waals surface area contributed by atoms with Crippen molar-refractivity contribution in [1.29, 1.82) is 0 Å². The van der Waals surface area contributed by atoms with E-state index >= 15 is 0 Å². The predicted octanol–water partition coefficient (Wildman–Crippen LogP) is 4.19. The molecule has 0 aliphatic carbocycles. The van der Waals surface area contributed by atoms with Gasteiger partial charge in [-0.2, -0.15) is 0 Å². The Labute approximate surface area is 146 Å². The van der Waals surface area contributed by atoms with Crippen molar-refractivity contribution in [1.82, 2.24) is 4.90 Å². The van der Waals surface area contributed by atoms with Crippen LogP contribution in [0.15, 0.2) is 30.3 Å². The molecule has 1 saturated heterocycles. The van der Waals surface area contributed by atoms with E-state index in [1.54, 1.807) is 11.3 Å². The number of nitrogens with two attached hydrogens (primary N) is 1. The van der Waals surface area contributed by atoms with Crippen molar-refractivity contribution >= 4 is 28.8 Å². The molecule has 0 spiro atoms. The van der Waals surface area contributed by atoms with Gasteiger partial charge in [-0.3, -0.25) is 4.79 Å². The SMILES string of the molecule is Cc1cc(C(=O)N2CCC(C)(CN)C2)sc1-c1cccc(Cl)c1. The van der Waals surface area contributed by atoms with E-state index in [1.807, 2.05) is 42.2 Å². The standard InChI is InChI=1S/C18H21ClN2OS/c1-12-8-15(17(22)21-7-6-18(2,10-20)11-21)23-16(12)13-4-3-5-14(19)9-13/h3-5,8-9H,6-7,10-11,20H2,1-2H3. The van der Waals surface area contributed by atoms with Crippen molar-refractivity contribution in [2.45, 2.75) is 20.3 Å². The van der Waals surface area contributed by atoms with Gasteiger partial charge in [-0.05, 0) is 54.6 Å². The van der Waals surface area contributed by atoms with Gasteiger partial charge in [0, 0.05) is 23.0 Å². The molecule has 1 aliphatic rings. The number of benzene rings is 1. The summed E-state index contributed by atoms with van der Waals surface area (Å²) in [5, 5.41) is 0.710. The van der Waals surface area contributed by atoms with Gasteiger partial charge < -0.3 is 10.6 Å². The molecular formula is C18H21ClN2OS. The summed E-state index contributed by atoms with van der Waals surface area (Å²) < 4.78 is 0. The van der Waals surface area contributed by atoms with E-state index in [2.05, 4.69) is 6.92 Å². The molecule has 3 nitrogen and oxygen atoms in total. The van der Waals surface area contributed by atoms with Crippen molar-refractivity contribution in [3.05, 3.63) is 45.8 Å². The monoisotopic (exact) mass is 348 g/mol. The molecule has 1 amide bonds. The van der Waals surface area contributed by atoms with Crippen LogP contribution in [-0.2, 0) is 0 Å². The van der Waals surface area contributed by atoms with Gasteiger partial charge in [0.25, 0.3) is 5.91 Å². The summed E-state index contributed by atoms with van der Waals surface area (Å²) in [5.41, 5.74) is 8.07. The first kappa shape index (κ1) is 16.5. The fraction of sp³-hybridized carbons (Fsp3) is 0.389. The summed E-state index contributed by atoms with van der Waals surface area (Å²) in [6.45, 7) is 6.34. The maximum absolute atomic E-state index is 12.8. The van der Waals surface area contributed by atoms with Gasteiger partial charge in [0.05, 0.1) is 4.88 Å². The second-order valence-corrected chi connectivity index (χ2v) is 8.11. The molecule has 1 aliphatic heterocycles. The highest BCUT2D eigenvalue weighted by Gasteiger charge is 2.35. The molecule has 2 N–H and O–H groups in total. The summed E-state index contributed by atoms with van der Waals surface area (Å²) >= 11 is 7.63. The van der Waals surface area contributed by atoms with Crippen molar-refractivity contribution in [2.75, 3.05) is 19.6 Å². The lowest BCUT2D eigenvalue weighted by molar-refractivity contribution is 0.0781. The summed E-state index contributed by atoms with van der Waals surface area (Å²) in [7, 11) is 0. The normalized spacial score (nSPS) is 21.0. The largest absolute Gasteiger partial charge is 0.337 e. The molecule has 2 heterocycles. The fourth-order valence-electron chi connectivity index (χ4n) is 3.02. The van der Waals surface area contributed by atoms with Crippen molar-refractivity contribution in [3.8, 4) is 10.4 Å². The molecule has 3 rings (SSSR count). The van der Waals surface area contributed by atoms with Crippen LogP contribution in [0.25, 0.3) is 10.4 Å². The highest BCUT2D eigenvalue weighted by atomic mass is 35.5. The lowest BCUT2D eigenvalue weighted by Crippen LogP contribution is -2.34. The third-order valence-corrected chi connectivity index (χ3v) is 6.06. The number of hydrogen-bond acceptors (Lipinski definition) is 3. The third-order valence-electron chi connectivity index (χ3n) is 4.55. The number of nitrogens with zero attached hydrogens (tertiary/aromatic N) is 1. The first-order chi connectivity index (χ1) is 10.9. The zero-order valence-corrected chi connectivity index (χ0v) is 15.0. The molecule has 0 saturated carbocycles. The Morgan fingerprint density at radius 2 is 2.22 bits per heavy atom. The van der Waals surface area contributed by atoms with Crippen molar-refractivity contribution in [2.24, 2.45) is 11.1 Å². The number of rotatable bonds is 3. The van der Waals surface area contributed by atoms with Gasteiger partial charge in [0.15, 0.2) is 0 Å². The van der Waals surface area contributed by atoms with E-state index in [0.29, 0.717) is 11.6 Å². The van der Waals surface area contributed by atoms with E-state index in [9.17, 15) is 4.79 Å². The molecule has 1 fully saturated rings. The Bertz CT molecular complexity index is 742. The van der Waals surface area contributed by atoms with E-state index in [4.69, 9.17) is 17.3 Å². The summed E-state index contributed by atoms with van der Waals surface area (Å²) in [4.78, 5) is 16.6. The van der Waals surface area contributed by atoms with Crippen LogP contribution in [-0.4, -0.2) is 30.4 Å². The first-order valence-electron chi connectivity index (χ1n) is 7.78. The van der Waals surface area contributed by atoms with Gasteiger partial charge in [0.1, 0.15) is 0 Å². The molecular weight excluding hydrogens is 328 g/mol. The predicted molar refractivity (Wildman–Crippen MR) is 97.2 cm³/mol. The number of halogens is 1.